The maximum Gasteiger partial charge on any atom is 0.236 e. The molecular formula is C16H22N2O2. The highest BCUT2D eigenvalue weighted by molar-refractivity contribution is 6.05. The second kappa shape index (κ2) is 5.75. The van der Waals surface area contributed by atoms with Crippen molar-refractivity contribution in [2.24, 2.45) is 11.1 Å². The largest absolute Gasteiger partial charge is 0.326 e. The van der Waals surface area contributed by atoms with Gasteiger partial charge in [-0.05, 0) is 24.0 Å². The Bertz CT molecular complexity index is 521. The third kappa shape index (κ3) is 2.48. The highest BCUT2D eigenvalue weighted by Gasteiger charge is 2.48. The first kappa shape index (κ1) is 14.7. The number of nitrogens with zero attached hydrogens (tertiary/aromatic N) is 1. The molecule has 1 fully saturated rings. The van der Waals surface area contributed by atoms with Gasteiger partial charge in [-0.1, -0.05) is 38.1 Å². The van der Waals surface area contributed by atoms with Crippen LogP contribution in [0.15, 0.2) is 24.3 Å². The first-order chi connectivity index (χ1) is 9.56. The van der Waals surface area contributed by atoms with Crippen molar-refractivity contribution in [2.45, 2.75) is 46.2 Å². The van der Waals surface area contributed by atoms with E-state index in [1.54, 1.807) is 0 Å². The first-order valence-electron chi connectivity index (χ1n) is 7.19. The molecule has 0 atom stereocenters. The second-order valence-corrected chi connectivity index (χ2v) is 5.47. The molecule has 1 aromatic carbocycles. The van der Waals surface area contributed by atoms with Gasteiger partial charge in [-0.15, -0.1) is 0 Å². The Morgan fingerprint density at radius 2 is 1.85 bits per heavy atom. The van der Waals surface area contributed by atoms with Crippen molar-refractivity contribution < 1.29 is 9.59 Å². The van der Waals surface area contributed by atoms with Crippen LogP contribution in [-0.2, 0) is 22.7 Å². The maximum absolute atomic E-state index is 12.5. The van der Waals surface area contributed by atoms with E-state index in [0.717, 1.165) is 11.1 Å². The summed E-state index contributed by atoms with van der Waals surface area (Å²) < 4.78 is 0. The molecule has 1 aliphatic heterocycles. The quantitative estimate of drug-likeness (QED) is 0.837. The van der Waals surface area contributed by atoms with Gasteiger partial charge in [-0.3, -0.25) is 14.5 Å². The Morgan fingerprint density at radius 3 is 2.40 bits per heavy atom. The lowest BCUT2D eigenvalue weighted by atomic mass is 9.81. The van der Waals surface area contributed by atoms with E-state index in [0.29, 0.717) is 32.4 Å². The van der Waals surface area contributed by atoms with Crippen LogP contribution in [0.5, 0.6) is 0 Å². The number of rotatable bonds is 5. The zero-order valence-electron chi connectivity index (χ0n) is 12.2. The molecule has 2 amide bonds. The van der Waals surface area contributed by atoms with E-state index < -0.39 is 5.41 Å². The summed E-state index contributed by atoms with van der Waals surface area (Å²) in [5.74, 6) is -0.0810. The summed E-state index contributed by atoms with van der Waals surface area (Å²) in [5.41, 5.74) is 7.11. The van der Waals surface area contributed by atoms with Crippen LogP contribution in [0.3, 0.4) is 0 Å². The summed E-state index contributed by atoms with van der Waals surface area (Å²) in [5, 5.41) is 0. The number of carbonyl (C=O) groups excluding carboxylic acids is 2. The molecular weight excluding hydrogens is 252 g/mol. The van der Waals surface area contributed by atoms with Gasteiger partial charge in [0.2, 0.25) is 11.8 Å². The van der Waals surface area contributed by atoms with Crippen LogP contribution in [0.1, 0.15) is 44.2 Å². The van der Waals surface area contributed by atoms with Crippen LogP contribution >= 0.6 is 0 Å². The van der Waals surface area contributed by atoms with Crippen LogP contribution in [-0.4, -0.2) is 16.7 Å². The molecule has 0 saturated carbocycles. The molecule has 0 radical (unpaired) electrons. The lowest BCUT2D eigenvalue weighted by Crippen LogP contribution is -2.34. The van der Waals surface area contributed by atoms with Gasteiger partial charge < -0.3 is 5.73 Å². The van der Waals surface area contributed by atoms with Crippen LogP contribution < -0.4 is 5.73 Å². The van der Waals surface area contributed by atoms with Crippen molar-refractivity contribution in [2.75, 3.05) is 0 Å². The standard InChI is InChI=1S/C16H22N2O2/c1-3-16(4-2)9-14(19)18(15(16)20)11-13-7-5-6-12(8-13)10-17/h5-8H,3-4,9-11,17H2,1-2H3. The summed E-state index contributed by atoms with van der Waals surface area (Å²) in [6.07, 6.45) is 1.77. The Morgan fingerprint density at radius 1 is 1.20 bits per heavy atom. The maximum atomic E-state index is 12.5. The molecule has 4 heteroatoms. The molecule has 0 aliphatic carbocycles. The first-order valence-corrected chi connectivity index (χ1v) is 7.19. The molecule has 1 aliphatic rings. The molecule has 1 saturated heterocycles. The highest BCUT2D eigenvalue weighted by Crippen LogP contribution is 2.39. The molecule has 2 N–H and O–H groups in total. The number of benzene rings is 1. The van der Waals surface area contributed by atoms with E-state index in [1.165, 1.54) is 4.90 Å². The summed E-state index contributed by atoms with van der Waals surface area (Å²) >= 11 is 0. The Labute approximate surface area is 119 Å². The molecule has 1 aromatic rings. The summed E-state index contributed by atoms with van der Waals surface area (Å²) in [4.78, 5) is 26.1. The average Bonchev–Trinajstić information content (AvgIpc) is 2.72. The zero-order valence-corrected chi connectivity index (χ0v) is 12.2. The lowest BCUT2D eigenvalue weighted by molar-refractivity contribution is -0.142. The van der Waals surface area contributed by atoms with Gasteiger partial charge in [0.15, 0.2) is 0 Å². The van der Waals surface area contributed by atoms with Gasteiger partial charge in [0, 0.05) is 13.0 Å². The minimum Gasteiger partial charge on any atom is -0.326 e. The van der Waals surface area contributed by atoms with Crippen molar-refractivity contribution in [1.29, 1.82) is 0 Å². The number of hydrogen-bond acceptors (Lipinski definition) is 3. The monoisotopic (exact) mass is 274 g/mol. The van der Waals surface area contributed by atoms with Crippen molar-refractivity contribution >= 4 is 11.8 Å². The van der Waals surface area contributed by atoms with E-state index in [2.05, 4.69) is 0 Å². The van der Waals surface area contributed by atoms with Crippen LogP contribution in [0.4, 0.5) is 0 Å². The number of hydrogen-bond donors (Lipinski definition) is 1. The third-order valence-corrected chi connectivity index (χ3v) is 4.41. The third-order valence-electron chi connectivity index (χ3n) is 4.41. The van der Waals surface area contributed by atoms with E-state index in [9.17, 15) is 9.59 Å². The molecule has 0 spiro atoms. The van der Waals surface area contributed by atoms with Gasteiger partial charge in [-0.2, -0.15) is 0 Å². The molecule has 20 heavy (non-hydrogen) atoms. The van der Waals surface area contributed by atoms with Gasteiger partial charge in [0.1, 0.15) is 0 Å². The van der Waals surface area contributed by atoms with E-state index >= 15 is 0 Å². The predicted octanol–water partition coefficient (Wildman–Crippen LogP) is 2.21. The highest BCUT2D eigenvalue weighted by atomic mass is 16.2. The summed E-state index contributed by atoms with van der Waals surface area (Å²) in [7, 11) is 0. The van der Waals surface area contributed by atoms with Crippen molar-refractivity contribution in [3.63, 3.8) is 0 Å². The molecule has 0 aromatic heterocycles. The average molecular weight is 274 g/mol. The van der Waals surface area contributed by atoms with Gasteiger partial charge in [-0.25, -0.2) is 0 Å². The Kier molecular flexibility index (Phi) is 4.23. The molecule has 4 nitrogen and oxygen atoms in total. The summed E-state index contributed by atoms with van der Waals surface area (Å²) in [6.45, 7) is 4.78. The summed E-state index contributed by atoms with van der Waals surface area (Å²) in [6, 6.07) is 7.74. The minimum atomic E-state index is -0.484. The zero-order chi connectivity index (χ0) is 14.8. The van der Waals surface area contributed by atoms with Gasteiger partial charge in [0.25, 0.3) is 0 Å². The van der Waals surface area contributed by atoms with Crippen LogP contribution in [0.25, 0.3) is 0 Å². The Hall–Kier alpha value is -1.68. The SMILES string of the molecule is CCC1(CC)CC(=O)N(Cc2cccc(CN)c2)C1=O. The number of imide groups is 1. The van der Waals surface area contributed by atoms with E-state index in [4.69, 9.17) is 5.73 Å². The number of amides is 2. The fourth-order valence-corrected chi connectivity index (χ4v) is 2.86. The second-order valence-electron chi connectivity index (χ2n) is 5.47. The van der Waals surface area contributed by atoms with Crippen molar-refractivity contribution in [1.82, 2.24) is 4.90 Å². The predicted molar refractivity (Wildman–Crippen MR) is 77.5 cm³/mol. The topological polar surface area (TPSA) is 63.4 Å². The normalized spacial score (nSPS) is 17.9. The number of carbonyl (C=O) groups is 2. The number of nitrogens with two attached hydrogens (primary N) is 1. The molecule has 2 rings (SSSR count). The molecule has 0 unspecified atom stereocenters. The smallest absolute Gasteiger partial charge is 0.236 e. The Balaban J connectivity index is 2.21. The molecule has 1 heterocycles. The van der Waals surface area contributed by atoms with Crippen molar-refractivity contribution in [3.05, 3.63) is 35.4 Å². The molecule has 0 bridgehead atoms. The van der Waals surface area contributed by atoms with Gasteiger partial charge >= 0.3 is 0 Å². The van der Waals surface area contributed by atoms with E-state index in [-0.39, 0.29) is 11.8 Å². The minimum absolute atomic E-state index is 0.0225. The van der Waals surface area contributed by atoms with Gasteiger partial charge in [0.05, 0.1) is 12.0 Å². The fourth-order valence-electron chi connectivity index (χ4n) is 2.86. The fraction of sp³-hybridized carbons (Fsp3) is 0.500. The van der Waals surface area contributed by atoms with Crippen LogP contribution in [0.2, 0.25) is 0 Å². The lowest BCUT2D eigenvalue weighted by Gasteiger charge is -2.23. The number of likely N-dealkylation sites (tertiary alicyclic amines) is 1. The van der Waals surface area contributed by atoms with Crippen molar-refractivity contribution in [3.8, 4) is 0 Å². The van der Waals surface area contributed by atoms with Crippen LogP contribution in [0, 0.1) is 5.41 Å². The molecule has 108 valence electrons. The van der Waals surface area contributed by atoms with E-state index in [1.807, 2.05) is 38.1 Å².